The van der Waals surface area contributed by atoms with Crippen LogP contribution in [0.25, 0.3) is 45.5 Å². The van der Waals surface area contributed by atoms with Crippen LogP contribution in [0.2, 0.25) is 0 Å². The lowest BCUT2D eigenvalue weighted by Gasteiger charge is -2.13. The van der Waals surface area contributed by atoms with Gasteiger partial charge in [-0.3, -0.25) is 28.7 Å². The predicted molar refractivity (Wildman–Crippen MR) is 217 cm³/mol. The molecular weight excluding hydrogens is 748 g/mol. The quantitative estimate of drug-likeness (QED) is 0.194. The molecule has 0 fully saturated rings. The van der Waals surface area contributed by atoms with Gasteiger partial charge in [-0.1, -0.05) is 64.0 Å². The van der Waals surface area contributed by atoms with E-state index in [0.29, 0.717) is 47.3 Å². The van der Waals surface area contributed by atoms with Crippen LogP contribution in [0.4, 0.5) is 11.9 Å². The van der Waals surface area contributed by atoms with E-state index >= 15 is 0 Å². The van der Waals surface area contributed by atoms with Gasteiger partial charge in [0.25, 0.3) is 11.1 Å². The van der Waals surface area contributed by atoms with Crippen molar-refractivity contribution < 1.29 is 0 Å². The largest absolute Gasteiger partial charge is 0.347 e. The van der Waals surface area contributed by atoms with Crippen molar-refractivity contribution in [2.45, 2.75) is 20.0 Å². The number of rotatable bonds is 8. The van der Waals surface area contributed by atoms with Gasteiger partial charge in [0.1, 0.15) is 0 Å². The summed E-state index contributed by atoms with van der Waals surface area (Å²) < 4.78 is 7.95. The highest BCUT2D eigenvalue weighted by Crippen LogP contribution is 2.23. The first kappa shape index (κ1) is 35.9. The van der Waals surface area contributed by atoms with Crippen LogP contribution in [0.15, 0.2) is 112 Å². The fourth-order valence-corrected chi connectivity index (χ4v) is 6.49. The van der Waals surface area contributed by atoms with E-state index in [-0.39, 0.29) is 11.1 Å². The van der Waals surface area contributed by atoms with E-state index in [1.54, 1.807) is 33.9 Å². The molecule has 0 aliphatic carbocycles. The van der Waals surface area contributed by atoms with Gasteiger partial charge in [0.2, 0.25) is 23.5 Å². The van der Waals surface area contributed by atoms with E-state index in [0.717, 1.165) is 32.2 Å². The Kier molecular flexibility index (Phi) is 10.1. The van der Waals surface area contributed by atoms with Crippen LogP contribution in [-0.2, 0) is 13.1 Å². The average Bonchev–Trinajstić information content (AvgIpc) is 3.82. The first-order valence-electron chi connectivity index (χ1n) is 17.1. The lowest BCUT2D eigenvalue weighted by atomic mass is 10.1. The molecule has 6 heterocycles. The minimum absolute atomic E-state index is 0.0743. The number of anilines is 2. The number of hydrogen-bond acceptors (Lipinski definition) is 10. The molecule has 0 spiro atoms. The van der Waals surface area contributed by atoms with Gasteiger partial charge in [0, 0.05) is 70.5 Å². The molecule has 0 aliphatic heterocycles. The molecule has 272 valence electrons. The molecule has 0 saturated carbocycles. The molecule has 8 rings (SSSR count). The maximum absolute atomic E-state index is 13.1. The lowest BCUT2D eigenvalue weighted by molar-refractivity contribution is 0.786. The molecule has 6 aromatic heterocycles. The number of aromatic nitrogens is 10. The third kappa shape index (κ3) is 7.00. The number of allylic oxidation sites excluding steroid dienone is 2. The van der Waals surface area contributed by atoms with Gasteiger partial charge in [-0.15, -0.1) is 20.4 Å². The topological polar surface area (TPSA) is 137 Å². The molecule has 2 aromatic carbocycles. The van der Waals surface area contributed by atoms with Crippen LogP contribution in [0.1, 0.15) is 16.7 Å². The highest BCUT2D eigenvalue weighted by atomic mass is 79.9. The number of aryl methyl sites for hydroxylation is 1. The van der Waals surface area contributed by atoms with E-state index in [2.05, 4.69) is 46.3 Å². The fourth-order valence-electron chi connectivity index (χ4n) is 6.13. The van der Waals surface area contributed by atoms with Gasteiger partial charge in [-0.05, 0) is 60.5 Å². The van der Waals surface area contributed by atoms with Crippen molar-refractivity contribution in [3.63, 3.8) is 0 Å². The normalized spacial score (nSPS) is 11.7. The van der Waals surface area contributed by atoms with Gasteiger partial charge in [0.15, 0.2) is 0 Å². The molecule has 54 heavy (non-hydrogen) atoms. The Hall–Kier alpha value is -6.48. The van der Waals surface area contributed by atoms with Crippen molar-refractivity contribution in [1.82, 2.24) is 48.3 Å². The Balaban J connectivity index is 0.000000167. The van der Waals surface area contributed by atoms with Crippen LogP contribution < -0.4 is 20.9 Å². The van der Waals surface area contributed by atoms with E-state index in [4.69, 9.17) is 0 Å². The summed E-state index contributed by atoms with van der Waals surface area (Å²) in [6, 6.07) is 19.2. The zero-order valence-corrected chi connectivity index (χ0v) is 32.0. The van der Waals surface area contributed by atoms with Gasteiger partial charge in [-0.2, -0.15) is 0 Å². The van der Waals surface area contributed by atoms with Crippen LogP contribution in [-0.4, -0.2) is 76.5 Å². The van der Waals surface area contributed by atoms with Crippen molar-refractivity contribution in [3.8, 4) is 0 Å². The molecular formula is C39H37BrN12O2. The average molecular weight is 786 g/mol. The van der Waals surface area contributed by atoms with Crippen molar-refractivity contribution >= 4 is 73.3 Å². The molecule has 14 nitrogen and oxygen atoms in total. The lowest BCUT2D eigenvalue weighted by Crippen LogP contribution is -2.24. The smallest absolute Gasteiger partial charge is 0.263 e. The second kappa shape index (κ2) is 15.2. The summed E-state index contributed by atoms with van der Waals surface area (Å²) in [6.07, 6.45) is 14.7. The summed E-state index contributed by atoms with van der Waals surface area (Å²) in [5.41, 5.74) is 4.40. The zero-order chi connectivity index (χ0) is 37.9. The Morgan fingerprint density at radius 2 is 1.13 bits per heavy atom. The second-order valence-electron chi connectivity index (χ2n) is 13.0. The molecule has 8 aromatic rings. The Labute approximate surface area is 318 Å². The van der Waals surface area contributed by atoms with Gasteiger partial charge in [0.05, 0.1) is 21.8 Å². The molecule has 0 saturated heterocycles. The minimum atomic E-state index is -0.104. The number of halogens is 1. The maximum Gasteiger partial charge on any atom is 0.263 e. The fraction of sp³-hybridized carbons (Fsp3) is 0.179. The number of fused-ring (bicyclic) bond motifs is 6. The van der Waals surface area contributed by atoms with Crippen LogP contribution in [0.3, 0.4) is 0 Å². The standard InChI is InChI=1S/C20H20N6O.C19H17BrN6O/c1-14-8-9-17-16(12-14)18(27)25(11-5-7-15-6-4-10-21-13-15)20-23-22-19(24(2)3)26(17)20;1-24(2)18-22-23-19-25(10-4-6-13-5-3-9-21-12-13)17(27)15-11-14(20)7-8-16(15)26(18)19/h4-10,12-13H,11H2,1-3H3;3-9,11-12H,10H2,1-2H3. The summed E-state index contributed by atoms with van der Waals surface area (Å²) >= 11 is 3.46. The first-order chi connectivity index (χ1) is 26.1. The third-order valence-corrected chi connectivity index (χ3v) is 9.14. The van der Waals surface area contributed by atoms with E-state index < -0.39 is 0 Å². The van der Waals surface area contributed by atoms with E-state index in [1.165, 1.54) is 0 Å². The molecule has 0 N–H and O–H groups in total. The summed E-state index contributed by atoms with van der Waals surface area (Å²) in [4.78, 5) is 38.2. The third-order valence-electron chi connectivity index (χ3n) is 8.65. The van der Waals surface area contributed by atoms with Gasteiger partial charge < -0.3 is 9.80 Å². The predicted octanol–water partition coefficient (Wildman–Crippen LogP) is 5.51. The molecule has 0 radical (unpaired) electrons. The first-order valence-corrected chi connectivity index (χ1v) is 17.8. The summed E-state index contributed by atoms with van der Waals surface area (Å²) in [6.45, 7) is 2.76. The summed E-state index contributed by atoms with van der Waals surface area (Å²) in [5.74, 6) is 2.39. The van der Waals surface area contributed by atoms with Crippen LogP contribution in [0, 0.1) is 6.92 Å². The SMILES string of the molecule is CN(C)c1nnc2n(CC=Cc3cccnc3)c(=O)c3cc(Br)ccc3n12.Cc1ccc2c(c1)c(=O)n(CC=Cc1cccnc1)c1nnc(N(C)C)n21. The monoisotopic (exact) mass is 784 g/mol. The van der Waals surface area contributed by atoms with Crippen LogP contribution in [0.5, 0.6) is 0 Å². The second-order valence-corrected chi connectivity index (χ2v) is 13.9. The molecule has 15 heteroatoms. The van der Waals surface area contributed by atoms with Crippen molar-refractivity contribution in [3.05, 3.63) is 139 Å². The highest BCUT2D eigenvalue weighted by molar-refractivity contribution is 9.10. The summed E-state index contributed by atoms with van der Waals surface area (Å²) in [7, 11) is 7.63. The zero-order valence-electron chi connectivity index (χ0n) is 30.4. The van der Waals surface area contributed by atoms with Gasteiger partial charge >= 0.3 is 0 Å². The number of benzene rings is 2. The van der Waals surface area contributed by atoms with Gasteiger partial charge in [-0.25, -0.2) is 8.80 Å². The molecule has 0 amide bonds. The van der Waals surface area contributed by atoms with Crippen molar-refractivity contribution in [2.24, 2.45) is 0 Å². The van der Waals surface area contributed by atoms with Crippen molar-refractivity contribution in [1.29, 1.82) is 0 Å². The van der Waals surface area contributed by atoms with Crippen molar-refractivity contribution in [2.75, 3.05) is 38.0 Å². The van der Waals surface area contributed by atoms with E-state index in [9.17, 15) is 9.59 Å². The maximum atomic E-state index is 13.1. The Bertz CT molecular complexity index is 2610. The Morgan fingerprint density at radius 1 is 0.648 bits per heavy atom. The van der Waals surface area contributed by atoms with E-state index in [1.807, 2.05) is 139 Å². The Morgan fingerprint density at radius 3 is 1.59 bits per heavy atom. The highest BCUT2D eigenvalue weighted by Gasteiger charge is 2.18. The molecule has 0 bridgehead atoms. The molecule has 0 atom stereocenters. The van der Waals surface area contributed by atoms with Crippen LogP contribution >= 0.6 is 15.9 Å². The number of pyridine rings is 2. The minimum Gasteiger partial charge on any atom is -0.347 e. The molecule has 0 aliphatic rings. The number of nitrogens with zero attached hydrogens (tertiary/aromatic N) is 12. The molecule has 0 unspecified atom stereocenters. The summed E-state index contributed by atoms with van der Waals surface area (Å²) in [5, 5.41) is 18.4. The number of hydrogen-bond donors (Lipinski definition) is 0.